The lowest BCUT2D eigenvalue weighted by molar-refractivity contribution is 0.0697. The van der Waals surface area contributed by atoms with Gasteiger partial charge in [0.15, 0.2) is 0 Å². The van der Waals surface area contributed by atoms with Crippen molar-refractivity contribution in [3.05, 3.63) is 98.4 Å². The van der Waals surface area contributed by atoms with E-state index >= 15 is 0 Å². The summed E-state index contributed by atoms with van der Waals surface area (Å²) < 4.78 is 0. The number of pyridine rings is 2. The summed E-state index contributed by atoms with van der Waals surface area (Å²) >= 11 is 6.12. The number of aryl methyl sites for hydroxylation is 3. The zero-order valence-corrected chi connectivity index (χ0v) is 17.0. The van der Waals surface area contributed by atoms with Crippen LogP contribution in [0, 0.1) is 6.92 Å². The summed E-state index contributed by atoms with van der Waals surface area (Å²) in [6, 6.07) is 18.0. The van der Waals surface area contributed by atoms with Gasteiger partial charge in [-0.05, 0) is 61.2 Å². The minimum atomic E-state index is -1.08. The van der Waals surface area contributed by atoms with Crippen LogP contribution in [-0.4, -0.2) is 21.0 Å². The minimum absolute atomic E-state index is 0.0893. The number of hydrogen-bond acceptors (Lipinski definition) is 3. The largest absolute Gasteiger partial charge is 0.478 e. The number of benzene rings is 2. The molecular formula is C24H19ClN2O3. The fraction of sp³-hybridized carbons (Fsp3) is 0.125. The van der Waals surface area contributed by atoms with Gasteiger partial charge in [-0.15, -0.1) is 0 Å². The molecule has 2 heterocycles. The summed E-state index contributed by atoms with van der Waals surface area (Å²) in [5.41, 5.74) is 3.60. The molecule has 5 nitrogen and oxygen atoms in total. The Morgan fingerprint density at radius 1 is 1.07 bits per heavy atom. The van der Waals surface area contributed by atoms with Crippen molar-refractivity contribution >= 4 is 28.6 Å². The first kappa shape index (κ1) is 19.9. The Hall–Kier alpha value is -3.44. The molecule has 0 saturated carbocycles. The molecule has 0 fully saturated rings. The predicted octanol–water partition coefficient (Wildman–Crippen LogP) is 5.04. The van der Waals surface area contributed by atoms with Crippen molar-refractivity contribution in [1.29, 1.82) is 0 Å². The zero-order chi connectivity index (χ0) is 21.3. The molecule has 30 heavy (non-hydrogen) atoms. The van der Waals surface area contributed by atoms with Gasteiger partial charge in [0.05, 0.1) is 11.1 Å². The molecule has 0 bridgehead atoms. The van der Waals surface area contributed by atoms with E-state index in [-0.39, 0.29) is 11.1 Å². The van der Waals surface area contributed by atoms with E-state index in [2.05, 4.69) is 9.97 Å². The van der Waals surface area contributed by atoms with Gasteiger partial charge in [0, 0.05) is 21.7 Å². The Labute approximate surface area is 178 Å². The highest BCUT2D eigenvalue weighted by Crippen LogP contribution is 2.30. The van der Waals surface area contributed by atoms with Crippen LogP contribution in [0.4, 0.5) is 0 Å². The van der Waals surface area contributed by atoms with Crippen molar-refractivity contribution in [3.8, 4) is 11.1 Å². The third-order valence-electron chi connectivity index (χ3n) is 5.10. The van der Waals surface area contributed by atoms with Gasteiger partial charge >= 0.3 is 5.97 Å². The smallest absolute Gasteiger partial charge is 0.336 e. The van der Waals surface area contributed by atoms with Crippen molar-refractivity contribution < 1.29 is 9.90 Å². The van der Waals surface area contributed by atoms with E-state index in [1.807, 2.05) is 43.3 Å². The lowest BCUT2D eigenvalue weighted by Crippen LogP contribution is -2.16. The zero-order valence-electron chi connectivity index (χ0n) is 16.3. The molecule has 0 unspecified atom stereocenters. The van der Waals surface area contributed by atoms with Crippen molar-refractivity contribution in [2.75, 3.05) is 0 Å². The van der Waals surface area contributed by atoms with Gasteiger partial charge in [0.1, 0.15) is 5.65 Å². The maximum Gasteiger partial charge on any atom is 0.336 e. The van der Waals surface area contributed by atoms with E-state index in [4.69, 9.17) is 11.6 Å². The third kappa shape index (κ3) is 3.84. The van der Waals surface area contributed by atoms with Crippen LogP contribution < -0.4 is 5.56 Å². The summed E-state index contributed by atoms with van der Waals surface area (Å²) in [4.78, 5) is 32.2. The molecular weight excluding hydrogens is 400 g/mol. The van der Waals surface area contributed by atoms with Crippen LogP contribution in [0.25, 0.3) is 22.2 Å². The molecule has 2 aromatic carbocycles. The fourth-order valence-corrected chi connectivity index (χ4v) is 3.94. The SMILES string of the molecule is Cc1ccc2c(CCc3cccc(Cl)c3)c(-c3ccccc3C(=O)O)c(=O)[nH]c2n1. The van der Waals surface area contributed by atoms with E-state index in [0.717, 1.165) is 22.2 Å². The average Bonchev–Trinajstić information content (AvgIpc) is 2.71. The van der Waals surface area contributed by atoms with Crippen molar-refractivity contribution in [1.82, 2.24) is 9.97 Å². The minimum Gasteiger partial charge on any atom is -0.478 e. The molecule has 0 aliphatic rings. The number of nitrogens with zero attached hydrogens (tertiary/aromatic N) is 1. The lowest BCUT2D eigenvalue weighted by atomic mass is 9.91. The molecule has 0 saturated heterocycles. The number of rotatable bonds is 5. The van der Waals surface area contributed by atoms with Crippen LogP contribution in [0.3, 0.4) is 0 Å². The van der Waals surface area contributed by atoms with Gasteiger partial charge in [0.25, 0.3) is 5.56 Å². The number of fused-ring (bicyclic) bond motifs is 1. The number of aromatic nitrogens is 2. The second kappa shape index (κ2) is 8.13. The maximum atomic E-state index is 13.1. The topological polar surface area (TPSA) is 83.0 Å². The molecule has 0 atom stereocenters. The Bertz CT molecular complexity index is 1330. The molecule has 0 spiro atoms. The van der Waals surface area contributed by atoms with E-state index in [1.165, 1.54) is 6.07 Å². The highest BCUT2D eigenvalue weighted by atomic mass is 35.5. The van der Waals surface area contributed by atoms with E-state index < -0.39 is 5.97 Å². The Kier molecular flexibility index (Phi) is 5.38. The molecule has 2 N–H and O–H groups in total. The van der Waals surface area contributed by atoms with Gasteiger partial charge in [-0.1, -0.05) is 41.9 Å². The van der Waals surface area contributed by atoms with Gasteiger partial charge in [-0.25, -0.2) is 9.78 Å². The number of carbonyl (C=O) groups is 1. The monoisotopic (exact) mass is 418 g/mol. The molecule has 0 aliphatic carbocycles. The van der Waals surface area contributed by atoms with Crippen LogP contribution in [0.5, 0.6) is 0 Å². The second-order valence-corrected chi connectivity index (χ2v) is 7.57. The Morgan fingerprint density at radius 2 is 1.87 bits per heavy atom. The number of halogens is 1. The number of hydrogen-bond donors (Lipinski definition) is 2. The maximum absolute atomic E-state index is 13.1. The Morgan fingerprint density at radius 3 is 2.63 bits per heavy atom. The van der Waals surface area contributed by atoms with Crippen LogP contribution in [0.15, 0.2) is 65.5 Å². The number of carboxylic acid groups (broad SMARTS) is 1. The van der Waals surface area contributed by atoms with E-state index in [1.54, 1.807) is 18.2 Å². The number of H-pyrrole nitrogens is 1. The molecule has 6 heteroatoms. The third-order valence-corrected chi connectivity index (χ3v) is 5.33. The summed E-state index contributed by atoms with van der Waals surface area (Å²) in [5.74, 6) is -1.08. The summed E-state index contributed by atoms with van der Waals surface area (Å²) in [7, 11) is 0. The van der Waals surface area contributed by atoms with Crippen molar-refractivity contribution in [2.24, 2.45) is 0 Å². The Balaban J connectivity index is 1.94. The standard InChI is InChI=1S/C24H19ClN2O3/c1-14-9-11-19-18(12-10-15-5-4-6-16(25)13-15)21(23(28)27-22(19)26-14)17-7-2-3-8-20(17)24(29)30/h2-9,11,13H,10,12H2,1H3,(H,29,30)(H,26,27,28). The average molecular weight is 419 g/mol. The molecule has 2 aromatic heterocycles. The summed E-state index contributed by atoms with van der Waals surface area (Å²) in [5, 5.41) is 11.1. The lowest BCUT2D eigenvalue weighted by Gasteiger charge is -2.14. The normalized spacial score (nSPS) is 11.0. The van der Waals surface area contributed by atoms with Crippen molar-refractivity contribution in [2.45, 2.75) is 19.8 Å². The molecule has 150 valence electrons. The van der Waals surface area contributed by atoms with E-state index in [9.17, 15) is 14.7 Å². The van der Waals surface area contributed by atoms with Gasteiger partial charge < -0.3 is 10.1 Å². The van der Waals surface area contributed by atoms with E-state index in [0.29, 0.717) is 34.6 Å². The quantitative estimate of drug-likeness (QED) is 0.476. The molecule has 4 aromatic rings. The van der Waals surface area contributed by atoms with Gasteiger partial charge in [-0.2, -0.15) is 0 Å². The fourth-order valence-electron chi connectivity index (χ4n) is 3.73. The van der Waals surface area contributed by atoms with Gasteiger partial charge in [-0.3, -0.25) is 4.79 Å². The van der Waals surface area contributed by atoms with Crippen molar-refractivity contribution in [3.63, 3.8) is 0 Å². The number of nitrogens with one attached hydrogen (secondary N) is 1. The molecule has 4 rings (SSSR count). The first-order valence-corrected chi connectivity index (χ1v) is 9.91. The highest BCUT2D eigenvalue weighted by molar-refractivity contribution is 6.30. The molecule has 0 amide bonds. The first-order valence-electron chi connectivity index (χ1n) is 9.53. The second-order valence-electron chi connectivity index (χ2n) is 7.14. The first-order chi connectivity index (χ1) is 14.4. The highest BCUT2D eigenvalue weighted by Gasteiger charge is 2.20. The molecule has 0 aliphatic heterocycles. The predicted molar refractivity (Wildman–Crippen MR) is 118 cm³/mol. The van der Waals surface area contributed by atoms with Crippen LogP contribution in [0.2, 0.25) is 5.02 Å². The summed E-state index contributed by atoms with van der Waals surface area (Å²) in [6.45, 7) is 1.86. The number of aromatic carboxylic acids is 1. The molecule has 0 radical (unpaired) electrons. The number of aromatic amines is 1. The summed E-state index contributed by atoms with van der Waals surface area (Å²) in [6.07, 6.45) is 1.18. The van der Waals surface area contributed by atoms with Gasteiger partial charge in [0.2, 0.25) is 0 Å². The van der Waals surface area contributed by atoms with Crippen LogP contribution >= 0.6 is 11.6 Å². The number of carboxylic acids is 1. The van der Waals surface area contributed by atoms with Crippen LogP contribution in [0.1, 0.15) is 27.2 Å². The van der Waals surface area contributed by atoms with Crippen LogP contribution in [-0.2, 0) is 12.8 Å².